The van der Waals surface area contributed by atoms with E-state index in [1.54, 1.807) is 0 Å². The molecule has 0 aromatic rings. The zero-order chi connectivity index (χ0) is 14.7. The van der Waals surface area contributed by atoms with Gasteiger partial charge in [0.25, 0.3) is 11.8 Å². The lowest BCUT2D eigenvalue weighted by molar-refractivity contribution is -0.120. The first-order chi connectivity index (χ1) is 9.22. The number of hydrogen-bond acceptors (Lipinski definition) is 3. The summed E-state index contributed by atoms with van der Waals surface area (Å²) in [5.41, 5.74) is 0. The average molecular weight is 302 g/mol. The first-order valence-electron chi connectivity index (χ1n) is 7.19. The molecule has 0 saturated heterocycles. The highest BCUT2D eigenvalue weighted by atomic mass is 32.2. The number of nitrogens with one attached hydrogen (secondary N) is 1. The summed E-state index contributed by atoms with van der Waals surface area (Å²) in [5, 5.41) is 3.64. The molecule has 1 N–H and O–H groups in total. The van der Waals surface area contributed by atoms with Gasteiger partial charge in [-0.15, -0.1) is 0 Å². The number of nitrogens with zero attached hydrogens (tertiary/aromatic N) is 1. The number of hydrogen-bond donors (Lipinski definition) is 1. The molecular formula is C14H20F2N2OS. The van der Waals surface area contributed by atoms with Crippen LogP contribution in [0.15, 0.2) is 4.99 Å². The number of rotatable bonds is 2. The van der Waals surface area contributed by atoms with E-state index in [1.807, 2.05) is 20.8 Å². The summed E-state index contributed by atoms with van der Waals surface area (Å²) in [4.78, 5) is 16.1. The van der Waals surface area contributed by atoms with Crippen molar-refractivity contribution in [1.82, 2.24) is 5.32 Å². The second-order valence-corrected chi connectivity index (χ2v) is 8.18. The van der Waals surface area contributed by atoms with Crippen molar-refractivity contribution in [2.24, 2.45) is 22.7 Å². The summed E-state index contributed by atoms with van der Waals surface area (Å²) in [7, 11) is 0. The maximum Gasteiger partial charge on any atom is 0.264 e. The van der Waals surface area contributed by atoms with Crippen molar-refractivity contribution >= 4 is 22.8 Å². The number of alkyl halides is 2. The van der Waals surface area contributed by atoms with Crippen LogP contribution in [0.25, 0.3) is 0 Å². The Kier molecular flexibility index (Phi) is 3.16. The smallest absolute Gasteiger partial charge is 0.264 e. The van der Waals surface area contributed by atoms with Crippen molar-refractivity contribution in [3.63, 3.8) is 0 Å². The summed E-state index contributed by atoms with van der Waals surface area (Å²) in [6.45, 7) is 5.84. The van der Waals surface area contributed by atoms with E-state index in [1.165, 1.54) is 11.8 Å². The Morgan fingerprint density at radius 1 is 1.40 bits per heavy atom. The van der Waals surface area contributed by atoms with Gasteiger partial charge in [0.2, 0.25) is 0 Å². The summed E-state index contributed by atoms with van der Waals surface area (Å²) in [6, 6.07) is -0.239. The van der Waals surface area contributed by atoms with Crippen LogP contribution in [0, 0.1) is 17.8 Å². The summed E-state index contributed by atoms with van der Waals surface area (Å²) in [5.74, 6) is -3.04. The van der Waals surface area contributed by atoms with E-state index in [2.05, 4.69) is 10.3 Å². The molecule has 3 aliphatic rings. The summed E-state index contributed by atoms with van der Waals surface area (Å²) < 4.78 is 27.0. The molecule has 1 aliphatic heterocycles. The lowest BCUT2D eigenvalue weighted by Gasteiger charge is -2.31. The standard InChI is InChI=1S/C14H20F2N2OS/c1-7(2)13(3)11(19)18-12(20-13)17-10-5-8-4-9(10)14(15,16)6-8/h7-10H,4-6H2,1-3H3,(H,17,18,19)/t8?,9-,10?,13?/m0/s1. The Morgan fingerprint density at radius 3 is 2.60 bits per heavy atom. The van der Waals surface area contributed by atoms with Gasteiger partial charge in [0.15, 0.2) is 5.17 Å². The first-order valence-corrected chi connectivity index (χ1v) is 8.00. The molecule has 6 heteroatoms. The van der Waals surface area contributed by atoms with E-state index in [0.29, 0.717) is 11.6 Å². The third-order valence-corrected chi connectivity index (χ3v) is 6.58. The molecule has 2 aliphatic carbocycles. The molecule has 20 heavy (non-hydrogen) atoms. The maximum absolute atomic E-state index is 13.8. The summed E-state index contributed by atoms with van der Waals surface area (Å²) >= 11 is 1.39. The van der Waals surface area contributed by atoms with Crippen LogP contribution in [0.5, 0.6) is 0 Å². The van der Waals surface area contributed by atoms with Crippen molar-refractivity contribution in [3.05, 3.63) is 0 Å². The zero-order valence-corrected chi connectivity index (χ0v) is 12.8. The average Bonchev–Trinajstić information content (AvgIpc) is 2.91. The normalized spacial score (nSPS) is 42.4. The van der Waals surface area contributed by atoms with Gasteiger partial charge in [0.1, 0.15) is 4.75 Å². The molecular weight excluding hydrogens is 282 g/mol. The predicted molar refractivity (Wildman–Crippen MR) is 76.0 cm³/mol. The molecule has 1 heterocycles. The quantitative estimate of drug-likeness (QED) is 0.852. The second kappa shape index (κ2) is 4.42. The molecule has 2 saturated carbocycles. The first kappa shape index (κ1) is 14.3. The van der Waals surface area contributed by atoms with Crippen LogP contribution in [0.1, 0.15) is 40.0 Å². The van der Waals surface area contributed by atoms with Gasteiger partial charge < -0.3 is 5.32 Å². The molecule has 3 unspecified atom stereocenters. The molecule has 0 spiro atoms. The monoisotopic (exact) mass is 302 g/mol. The predicted octanol–water partition coefficient (Wildman–Crippen LogP) is 3.05. The Morgan fingerprint density at radius 2 is 2.10 bits per heavy atom. The van der Waals surface area contributed by atoms with Crippen LogP contribution >= 0.6 is 11.8 Å². The molecule has 1 amide bonds. The van der Waals surface area contributed by atoms with E-state index in [4.69, 9.17) is 0 Å². The second-order valence-electron chi connectivity index (χ2n) is 6.75. The van der Waals surface area contributed by atoms with Crippen LogP contribution in [0.2, 0.25) is 0 Å². The van der Waals surface area contributed by atoms with Crippen LogP contribution < -0.4 is 5.32 Å². The fraction of sp³-hybridized carbons (Fsp3) is 0.857. The maximum atomic E-state index is 13.8. The molecule has 2 fully saturated rings. The van der Waals surface area contributed by atoms with Crippen molar-refractivity contribution in [1.29, 1.82) is 0 Å². The van der Waals surface area contributed by atoms with Crippen LogP contribution in [-0.2, 0) is 4.79 Å². The number of fused-ring (bicyclic) bond motifs is 2. The molecule has 112 valence electrons. The highest BCUT2D eigenvalue weighted by Gasteiger charge is 2.58. The Balaban J connectivity index is 1.69. The van der Waals surface area contributed by atoms with Gasteiger partial charge in [-0.05, 0) is 31.6 Å². The molecule has 3 nitrogen and oxygen atoms in total. The Bertz CT molecular complexity index is 480. The minimum atomic E-state index is -2.56. The lowest BCUT2D eigenvalue weighted by Crippen LogP contribution is -2.45. The van der Waals surface area contributed by atoms with Crippen LogP contribution in [-0.4, -0.2) is 27.8 Å². The Hall–Kier alpha value is -0.650. The lowest BCUT2D eigenvalue weighted by atomic mass is 9.92. The number of amidine groups is 1. The third kappa shape index (κ3) is 2.07. The zero-order valence-electron chi connectivity index (χ0n) is 12.0. The number of halogens is 2. The number of aliphatic imine (C=N–C) groups is 1. The summed E-state index contributed by atoms with van der Waals surface area (Å²) in [6.07, 6.45) is 1.39. The number of carbonyl (C=O) groups is 1. The van der Waals surface area contributed by atoms with Gasteiger partial charge in [0, 0.05) is 18.4 Å². The number of carbonyl (C=O) groups excluding carboxylic acids is 1. The molecule has 4 atom stereocenters. The van der Waals surface area contributed by atoms with Gasteiger partial charge in [-0.2, -0.15) is 4.99 Å². The highest BCUT2D eigenvalue weighted by molar-refractivity contribution is 8.16. The van der Waals surface area contributed by atoms with E-state index in [9.17, 15) is 13.6 Å². The van der Waals surface area contributed by atoms with Crippen LogP contribution in [0.3, 0.4) is 0 Å². The van der Waals surface area contributed by atoms with E-state index < -0.39 is 16.6 Å². The Labute approximate surface area is 122 Å². The molecule has 2 bridgehead atoms. The van der Waals surface area contributed by atoms with Gasteiger partial charge in [0.05, 0.1) is 0 Å². The van der Waals surface area contributed by atoms with Gasteiger partial charge in [-0.25, -0.2) is 8.78 Å². The van der Waals surface area contributed by atoms with E-state index in [-0.39, 0.29) is 30.2 Å². The molecule has 0 radical (unpaired) electrons. The van der Waals surface area contributed by atoms with E-state index >= 15 is 0 Å². The SMILES string of the molecule is CC(C)C1(C)SC(NC2CC3C[C@@H]2C(F)(F)C3)=NC1=O. The van der Waals surface area contributed by atoms with Gasteiger partial charge >= 0.3 is 0 Å². The van der Waals surface area contributed by atoms with Crippen molar-refractivity contribution in [2.45, 2.75) is 56.7 Å². The van der Waals surface area contributed by atoms with Crippen molar-refractivity contribution in [3.8, 4) is 0 Å². The fourth-order valence-electron chi connectivity index (χ4n) is 3.53. The van der Waals surface area contributed by atoms with Gasteiger partial charge in [-0.3, -0.25) is 4.79 Å². The van der Waals surface area contributed by atoms with Crippen LogP contribution in [0.4, 0.5) is 8.78 Å². The number of thioether (sulfide) groups is 1. The highest BCUT2D eigenvalue weighted by Crippen LogP contribution is 2.54. The number of amides is 1. The minimum Gasteiger partial charge on any atom is -0.361 e. The third-order valence-electron chi connectivity index (χ3n) is 5.11. The fourth-order valence-corrected chi connectivity index (χ4v) is 4.64. The topological polar surface area (TPSA) is 41.5 Å². The van der Waals surface area contributed by atoms with Crippen molar-refractivity contribution in [2.75, 3.05) is 0 Å². The molecule has 0 aromatic carbocycles. The van der Waals surface area contributed by atoms with E-state index in [0.717, 1.165) is 6.42 Å². The molecule has 3 rings (SSSR count). The largest absolute Gasteiger partial charge is 0.361 e. The van der Waals surface area contributed by atoms with Crippen molar-refractivity contribution < 1.29 is 13.6 Å². The minimum absolute atomic E-state index is 0.0259. The molecule has 0 aromatic heterocycles. The van der Waals surface area contributed by atoms with Gasteiger partial charge in [-0.1, -0.05) is 25.6 Å².